The Kier molecular flexibility index (Phi) is 5.00. The van der Waals surface area contributed by atoms with Gasteiger partial charge in [0, 0.05) is 6.92 Å². The summed E-state index contributed by atoms with van der Waals surface area (Å²) < 4.78 is 10.8. The molecule has 0 aliphatic rings. The summed E-state index contributed by atoms with van der Waals surface area (Å²) in [5, 5.41) is 9.09. The monoisotopic (exact) mass is 236 g/mol. The van der Waals surface area contributed by atoms with Crippen LogP contribution >= 0.6 is 0 Å². The summed E-state index contributed by atoms with van der Waals surface area (Å²) in [5.74, 6) is -0.280. The first kappa shape index (κ1) is 13.8. The van der Waals surface area contributed by atoms with Gasteiger partial charge in [0.25, 0.3) is 0 Å². The topological polar surface area (TPSA) is 55.8 Å². The Labute approximate surface area is 87.5 Å². The molecule has 0 rings (SSSR count). The third-order valence-corrected chi connectivity index (χ3v) is 7.58. The number of aliphatic hydroxyl groups is 1. The Morgan fingerprint density at radius 3 is 2.07 bits per heavy atom. The molecule has 0 aromatic heterocycles. The third-order valence-electron chi connectivity index (χ3n) is 1.56. The van der Waals surface area contributed by atoms with Crippen molar-refractivity contribution >= 4 is 22.6 Å². The van der Waals surface area contributed by atoms with Crippen LogP contribution < -0.4 is 0 Å². The van der Waals surface area contributed by atoms with E-state index < -0.39 is 16.6 Å². The average molecular weight is 236 g/mol. The molecule has 0 saturated heterocycles. The van der Waals surface area contributed by atoms with Crippen molar-refractivity contribution in [3.8, 4) is 0 Å². The molecule has 0 amide bonds. The lowest BCUT2D eigenvalue weighted by molar-refractivity contribution is -0.139. The number of carbonyl (C=O) groups excluding carboxylic acids is 1. The van der Waals surface area contributed by atoms with Crippen LogP contribution in [0.2, 0.25) is 26.2 Å². The highest BCUT2D eigenvalue weighted by Gasteiger charge is 2.33. The molecular formula is C8H20O4Si2. The molecule has 84 valence electrons. The van der Waals surface area contributed by atoms with E-state index in [1.165, 1.54) is 6.92 Å². The zero-order valence-electron chi connectivity index (χ0n) is 9.59. The summed E-state index contributed by atoms with van der Waals surface area (Å²) in [6.07, 6.45) is 0.461. The van der Waals surface area contributed by atoms with Gasteiger partial charge in [0.05, 0.1) is 6.23 Å². The van der Waals surface area contributed by atoms with Crippen molar-refractivity contribution in [3.05, 3.63) is 0 Å². The zero-order valence-corrected chi connectivity index (χ0v) is 11.6. The standard InChI is InChI=1S/C8H20O4Si2/c1-8(10)11-7-14(4,5)12-13(2,3)6-9/h9H,6-7H2,1-5H3. The highest BCUT2D eigenvalue weighted by atomic mass is 28.4. The lowest BCUT2D eigenvalue weighted by Gasteiger charge is -2.31. The molecule has 0 aliphatic heterocycles. The second-order valence-electron chi connectivity index (χ2n) is 4.56. The largest absolute Gasteiger partial charge is 0.467 e. The summed E-state index contributed by atoms with van der Waals surface area (Å²) in [6, 6.07) is 0. The van der Waals surface area contributed by atoms with Gasteiger partial charge in [-0.2, -0.15) is 0 Å². The van der Waals surface area contributed by atoms with Crippen LogP contribution in [0.3, 0.4) is 0 Å². The number of ether oxygens (including phenoxy) is 1. The summed E-state index contributed by atoms with van der Waals surface area (Å²) in [7, 11) is -3.92. The Bertz CT molecular complexity index is 204. The van der Waals surface area contributed by atoms with E-state index in [2.05, 4.69) is 0 Å². The fourth-order valence-electron chi connectivity index (χ4n) is 1.09. The number of rotatable bonds is 5. The normalized spacial score (nSPS) is 12.7. The molecule has 6 heteroatoms. The zero-order chi connectivity index (χ0) is 11.4. The number of carbonyl (C=O) groups is 1. The van der Waals surface area contributed by atoms with E-state index in [-0.39, 0.29) is 12.2 Å². The molecule has 0 radical (unpaired) electrons. The molecule has 0 aromatic rings. The van der Waals surface area contributed by atoms with Crippen molar-refractivity contribution in [2.45, 2.75) is 33.1 Å². The first-order valence-electron chi connectivity index (χ1n) is 4.63. The molecule has 0 atom stereocenters. The van der Waals surface area contributed by atoms with Gasteiger partial charge in [0.2, 0.25) is 8.32 Å². The van der Waals surface area contributed by atoms with Gasteiger partial charge < -0.3 is 14.0 Å². The van der Waals surface area contributed by atoms with E-state index in [0.717, 1.165) is 0 Å². The smallest absolute Gasteiger partial charge is 0.302 e. The molecule has 0 fully saturated rings. The van der Waals surface area contributed by atoms with E-state index >= 15 is 0 Å². The predicted molar refractivity (Wildman–Crippen MR) is 59.8 cm³/mol. The van der Waals surface area contributed by atoms with Crippen molar-refractivity contribution < 1.29 is 18.8 Å². The van der Waals surface area contributed by atoms with Gasteiger partial charge in [0.15, 0.2) is 8.32 Å². The van der Waals surface area contributed by atoms with E-state index in [4.69, 9.17) is 14.0 Å². The number of aliphatic hydroxyl groups excluding tert-OH is 1. The summed E-state index contributed by atoms with van der Waals surface area (Å²) in [4.78, 5) is 10.6. The fraction of sp³-hybridized carbons (Fsp3) is 0.875. The summed E-state index contributed by atoms with van der Waals surface area (Å²) in [6.45, 7) is 9.27. The fourth-order valence-corrected chi connectivity index (χ4v) is 8.11. The van der Waals surface area contributed by atoms with Gasteiger partial charge in [-0.05, 0) is 26.2 Å². The minimum atomic E-state index is -1.96. The van der Waals surface area contributed by atoms with Crippen LogP contribution in [0.4, 0.5) is 0 Å². The lowest BCUT2D eigenvalue weighted by Crippen LogP contribution is -2.50. The minimum absolute atomic E-state index is 0.101. The number of hydrogen-bond donors (Lipinski definition) is 1. The molecule has 0 bridgehead atoms. The van der Waals surface area contributed by atoms with Gasteiger partial charge in [-0.25, -0.2) is 0 Å². The van der Waals surface area contributed by atoms with Crippen molar-refractivity contribution in [3.63, 3.8) is 0 Å². The molecule has 4 nitrogen and oxygen atoms in total. The maximum atomic E-state index is 10.6. The third kappa shape index (κ3) is 6.30. The molecule has 0 saturated carbocycles. The number of esters is 1. The average Bonchev–Trinajstić information content (AvgIpc) is 1.99. The van der Waals surface area contributed by atoms with Gasteiger partial charge >= 0.3 is 5.97 Å². The molecule has 0 aromatic carbocycles. The Balaban J connectivity index is 4.12. The quantitative estimate of drug-likeness (QED) is 0.572. The molecule has 0 heterocycles. The van der Waals surface area contributed by atoms with Gasteiger partial charge in [-0.15, -0.1) is 0 Å². The first-order valence-corrected chi connectivity index (χ1v) is 10.9. The van der Waals surface area contributed by atoms with E-state index in [1.807, 2.05) is 26.2 Å². The molecule has 1 N–H and O–H groups in total. The van der Waals surface area contributed by atoms with Gasteiger partial charge in [-0.3, -0.25) is 4.79 Å². The number of hydrogen-bond acceptors (Lipinski definition) is 4. The Morgan fingerprint density at radius 2 is 1.71 bits per heavy atom. The molecule has 14 heavy (non-hydrogen) atoms. The van der Waals surface area contributed by atoms with Gasteiger partial charge in [-0.1, -0.05) is 0 Å². The van der Waals surface area contributed by atoms with E-state index in [9.17, 15) is 4.79 Å². The van der Waals surface area contributed by atoms with Crippen molar-refractivity contribution in [2.75, 3.05) is 12.5 Å². The SMILES string of the molecule is CC(=O)OC[Si](C)(C)O[Si](C)(C)CO. The molecule has 0 aliphatic carbocycles. The first-order chi connectivity index (χ1) is 6.18. The van der Waals surface area contributed by atoms with Crippen LogP contribution in [0.15, 0.2) is 0 Å². The van der Waals surface area contributed by atoms with Crippen LogP contribution in [-0.2, 0) is 13.6 Å². The summed E-state index contributed by atoms with van der Waals surface area (Å²) >= 11 is 0. The maximum absolute atomic E-state index is 10.6. The van der Waals surface area contributed by atoms with E-state index in [0.29, 0.717) is 6.23 Å². The Morgan fingerprint density at radius 1 is 1.21 bits per heavy atom. The highest BCUT2D eigenvalue weighted by molar-refractivity contribution is 6.84. The van der Waals surface area contributed by atoms with Crippen molar-refractivity contribution in [2.24, 2.45) is 0 Å². The van der Waals surface area contributed by atoms with Crippen LogP contribution in [0.1, 0.15) is 6.92 Å². The van der Waals surface area contributed by atoms with Gasteiger partial charge in [0.1, 0.15) is 6.23 Å². The molecule has 0 unspecified atom stereocenters. The minimum Gasteiger partial charge on any atom is -0.467 e. The molecular weight excluding hydrogens is 216 g/mol. The maximum Gasteiger partial charge on any atom is 0.302 e. The van der Waals surface area contributed by atoms with Crippen molar-refractivity contribution in [1.29, 1.82) is 0 Å². The molecule has 0 spiro atoms. The second-order valence-corrected chi connectivity index (χ2v) is 13.0. The lowest BCUT2D eigenvalue weighted by atomic mass is 10.8. The second kappa shape index (κ2) is 5.06. The van der Waals surface area contributed by atoms with Crippen LogP contribution in [-0.4, -0.2) is 40.2 Å². The predicted octanol–water partition coefficient (Wildman–Crippen LogP) is 1.05. The van der Waals surface area contributed by atoms with Crippen LogP contribution in [0, 0.1) is 0 Å². The Hall–Kier alpha value is -0.176. The summed E-state index contributed by atoms with van der Waals surface area (Å²) in [5.41, 5.74) is 0. The van der Waals surface area contributed by atoms with E-state index in [1.54, 1.807) is 0 Å². The van der Waals surface area contributed by atoms with Crippen LogP contribution in [0.5, 0.6) is 0 Å². The van der Waals surface area contributed by atoms with Crippen LogP contribution in [0.25, 0.3) is 0 Å². The van der Waals surface area contributed by atoms with Crippen molar-refractivity contribution in [1.82, 2.24) is 0 Å². The highest BCUT2D eigenvalue weighted by Crippen LogP contribution is 2.14.